The standard InChI is InChI=1S/C19H19NO2/c1-10-4-3-5-11(2)16(10)20-17(21)14-12-6-7-13(15(14)18(20)22)19(12)8-9-19/h3-7,12-15H,8-9H2,1-2H3/t12-,13-,14-,15-/m1/s1. The van der Waals surface area contributed by atoms with Crippen LogP contribution in [0.5, 0.6) is 0 Å². The summed E-state index contributed by atoms with van der Waals surface area (Å²) in [6.45, 7) is 3.96. The molecular weight excluding hydrogens is 274 g/mol. The van der Waals surface area contributed by atoms with Gasteiger partial charge in [0.2, 0.25) is 11.8 Å². The number of allylic oxidation sites excluding steroid dienone is 2. The van der Waals surface area contributed by atoms with E-state index in [0.717, 1.165) is 16.8 Å². The number of aryl methyl sites for hydroxylation is 2. The van der Waals surface area contributed by atoms with E-state index in [0.29, 0.717) is 11.8 Å². The SMILES string of the molecule is Cc1cccc(C)c1N1C(=O)[C@H]2[C@H](C1=O)[C@H]1C=C[C@H]2C12CC2. The average molecular weight is 293 g/mol. The van der Waals surface area contributed by atoms with Gasteiger partial charge in [0.25, 0.3) is 0 Å². The zero-order valence-electron chi connectivity index (χ0n) is 12.9. The molecule has 3 fully saturated rings. The lowest BCUT2D eigenvalue weighted by Gasteiger charge is -2.24. The van der Waals surface area contributed by atoms with Gasteiger partial charge in [0, 0.05) is 0 Å². The molecule has 112 valence electrons. The van der Waals surface area contributed by atoms with Crippen molar-refractivity contribution in [2.45, 2.75) is 26.7 Å². The topological polar surface area (TPSA) is 37.4 Å². The Morgan fingerprint density at radius 3 is 1.91 bits per heavy atom. The van der Waals surface area contributed by atoms with Gasteiger partial charge >= 0.3 is 0 Å². The van der Waals surface area contributed by atoms with E-state index >= 15 is 0 Å². The smallest absolute Gasteiger partial charge is 0.238 e. The largest absolute Gasteiger partial charge is 0.274 e. The lowest BCUT2D eigenvalue weighted by molar-refractivity contribution is -0.123. The fourth-order valence-corrected chi connectivity index (χ4v) is 5.46. The first-order chi connectivity index (χ1) is 10.6. The molecule has 2 bridgehead atoms. The molecule has 4 aliphatic rings. The summed E-state index contributed by atoms with van der Waals surface area (Å²) in [7, 11) is 0. The van der Waals surface area contributed by atoms with Gasteiger partial charge in [-0.3, -0.25) is 9.59 Å². The van der Waals surface area contributed by atoms with Crippen molar-refractivity contribution >= 4 is 17.5 Å². The predicted molar refractivity (Wildman–Crippen MR) is 83.2 cm³/mol. The van der Waals surface area contributed by atoms with E-state index in [1.54, 1.807) is 0 Å². The van der Waals surface area contributed by atoms with Crippen molar-refractivity contribution in [3.8, 4) is 0 Å². The van der Waals surface area contributed by atoms with Gasteiger partial charge in [-0.25, -0.2) is 4.90 Å². The van der Waals surface area contributed by atoms with Crippen LogP contribution < -0.4 is 4.90 Å². The third kappa shape index (κ3) is 1.21. The van der Waals surface area contributed by atoms with Crippen LogP contribution in [-0.2, 0) is 9.59 Å². The minimum atomic E-state index is -0.107. The second kappa shape index (κ2) is 3.70. The quantitative estimate of drug-likeness (QED) is 0.589. The molecule has 1 spiro atoms. The second-order valence-corrected chi connectivity index (χ2v) is 7.47. The van der Waals surface area contributed by atoms with E-state index in [4.69, 9.17) is 0 Å². The van der Waals surface area contributed by atoms with Crippen molar-refractivity contribution in [1.29, 1.82) is 0 Å². The van der Waals surface area contributed by atoms with E-state index in [2.05, 4.69) is 12.2 Å². The number of hydrogen-bond acceptors (Lipinski definition) is 2. The molecule has 3 aliphatic carbocycles. The summed E-state index contributed by atoms with van der Waals surface area (Å²) in [5, 5.41) is 0. The molecule has 2 saturated carbocycles. The van der Waals surface area contributed by atoms with Gasteiger partial charge in [-0.15, -0.1) is 0 Å². The van der Waals surface area contributed by atoms with Crippen molar-refractivity contribution in [2.75, 3.05) is 4.90 Å². The Morgan fingerprint density at radius 1 is 0.955 bits per heavy atom. The Bertz CT molecular complexity index is 704. The molecule has 1 aromatic rings. The number of carbonyl (C=O) groups is 2. The molecule has 2 amide bonds. The molecule has 0 aromatic heterocycles. The van der Waals surface area contributed by atoms with Crippen molar-refractivity contribution in [1.82, 2.24) is 0 Å². The van der Waals surface area contributed by atoms with Crippen LogP contribution in [0.25, 0.3) is 0 Å². The molecule has 1 aromatic carbocycles. The molecule has 0 N–H and O–H groups in total. The minimum Gasteiger partial charge on any atom is -0.274 e. The zero-order chi connectivity index (χ0) is 15.2. The number of imide groups is 1. The maximum Gasteiger partial charge on any atom is 0.238 e. The fraction of sp³-hybridized carbons (Fsp3) is 0.474. The van der Waals surface area contributed by atoms with E-state index in [1.807, 2.05) is 32.0 Å². The normalized spacial score (nSPS) is 36.5. The van der Waals surface area contributed by atoms with E-state index in [-0.39, 0.29) is 29.1 Å². The maximum absolute atomic E-state index is 13.1. The maximum atomic E-state index is 13.1. The molecule has 0 unspecified atom stereocenters. The van der Waals surface area contributed by atoms with Crippen LogP contribution in [0.2, 0.25) is 0 Å². The number of anilines is 1. The lowest BCUT2D eigenvalue weighted by Crippen LogP contribution is -2.35. The van der Waals surface area contributed by atoms with Crippen LogP contribution in [-0.4, -0.2) is 11.8 Å². The summed E-state index contributed by atoms with van der Waals surface area (Å²) >= 11 is 0. The summed E-state index contributed by atoms with van der Waals surface area (Å²) in [5.41, 5.74) is 3.09. The Hall–Kier alpha value is -1.90. The van der Waals surface area contributed by atoms with Crippen LogP contribution in [0, 0.1) is 42.9 Å². The Labute approximate surface area is 130 Å². The van der Waals surface area contributed by atoms with Gasteiger partial charge in [-0.2, -0.15) is 0 Å². The summed E-state index contributed by atoms with van der Waals surface area (Å²) in [4.78, 5) is 27.7. The van der Waals surface area contributed by atoms with Gasteiger partial charge in [0.15, 0.2) is 0 Å². The molecule has 0 radical (unpaired) electrons. The highest BCUT2D eigenvalue weighted by Gasteiger charge is 2.73. The Balaban J connectivity index is 1.62. The monoisotopic (exact) mass is 293 g/mol. The van der Waals surface area contributed by atoms with Crippen molar-refractivity contribution < 1.29 is 9.59 Å². The molecular formula is C19H19NO2. The third-order valence-electron chi connectivity index (χ3n) is 6.52. The van der Waals surface area contributed by atoms with E-state index in [1.165, 1.54) is 17.7 Å². The van der Waals surface area contributed by atoms with Crippen LogP contribution in [0.15, 0.2) is 30.4 Å². The molecule has 3 nitrogen and oxygen atoms in total. The van der Waals surface area contributed by atoms with E-state index in [9.17, 15) is 9.59 Å². The van der Waals surface area contributed by atoms with Gasteiger partial charge < -0.3 is 0 Å². The molecule has 5 rings (SSSR count). The van der Waals surface area contributed by atoms with Gasteiger partial charge in [0.05, 0.1) is 17.5 Å². The number of amides is 2. The number of para-hydroxylation sites is 1. The molecule has 3 heteroatoms. The molecule has 1 saturated heterocycles. The number of carbonyl (C=O) groups excluding carboxylic acids is 2. The van der Waals surface area contributed by atoms with Crippen LogP contribution >= 0.6 is 0 Å². The number of hydrogen-bond donors (Lipinski definition) is 0. The summed E-state index contributed by atoms with van der Waals surface area (Å²) in [6.07, 6.45) is 6.81. The summed E-state index contributed by atoms with van der Waals surface area (Å²) in [5.74, 6) is 0.459. The Kier molecular flexibility index (Phi) is 2.13. The highest BCUT2D eigenvalue weighted by Crippen LogP contribution is 2.73. The first kappa shape index (κ1) is 12.6. The predicted octanol–water partition coefficient (Wildman–Crippen LogP) is 3.01. The minimum absolute atomic E-state index is 0.0375. The number of benzene rings is 1. The average Bonchev–Trinajstić information content (AvgIpc) is 3.08. The molecule has 4 atom stereocenters. The van der Waals surface area contributed by atoms with Crippen LogP contribution in [0.3, 0.4) is 0 Å². The van der Waals surface area contributed by atoms with Crippen molar-refractivity contribution in [3.63, 3.8) is 0 Å². The summed E-state index contributed by atoms with van der Waals surface area (Å²) < 4.78 is 0. The Morgan fingerprint density at radius 2 is 1.45 bits per heavy atom. The first-order valence-corrected chi connectivity index (χ1v) is 8.18. The highest BCUT2D eigenvalue weighted by atomic mass is 16.2. The molecule has 22 heavy (non-hydrogen) atoms. The number of rotatable bonds is 1. The van der Waals surface area contributed by atoms with Crippen molar-refractivity contribution in [3.05, 3.63) is 41.5 Å². The second-order valence-electron chi connectivity index (χ2n) is 7.47. The van der Waals surface area contributed by atoms with E-state index < -0.39 is 0 Å². The highest BCUT2D eigenvalue weighted by molar-refractivity contribution is 6.23. The first-order valence-electron chi connectivity index (χ1n) is 8.18. The van der Waals surface area contributed by atoms with Gasteiger partial charge in [0.1, 0.15) is 0 Å². The van der Waals surface area contributed by atoms with Gasteiger partial charge in [-0.05, 0) is 55.1 Å². The van der Waals surface area contributed by atoms with Crippen LogP contribution in [0.4, 0.5) is 5.69 Å². The molecule has 1 aliphatic heterocycles. The van der Waals surface area contributed by atoms with Gasteiger partial charge in [-0.1, -0.05) is 30.4 Å². The third-order valence-corrected chi connectivity index (χ3v) is 6.52. The zero-order valence-corrected chi connectivity index (χ0v) is 12.9. The number of nitrogens with zero attached hydrogens (tertiary/aromatic N) is 1. The fourth-order valence-electron chi connectivity index (χ4n) is 5.46. The van der Waals surface area contributed by atoms with Crippen molar-refractivity contribution in [2.24, 2.45) is 29.1 Å². The summed E-state index contributed by atoms with van der Waals surface area (Å²) in [6, 6.07) is 5.93. The number of fused-ring (bicyclic) bond motifs is 3. The van der Waals surface area contributed by atoms with Crippen LogP contribution in [0.1, 0.15) is 24.0 Å². The lowest BCUT2D eigenvalue weighted by atomic mass is 9.85. The molecule has 1 heterocycles.